The predicted octanol–water partition coefficient (Wildman–Crippen LogP) is -0.431. The molecule has 1 aromatic rings. The van der Waals surface area contributed by atoms with Gasteiger partial charge in [0.2, 0.25) is 0 Å². The molecule has 0 spiro atoms. The number of hydrogen-bond acceptors (Lipinski definition) is 3. The third-order valence-electron chi connectivity index (χ3n) is 1.37. The number of aromatic carboxylic acids is 1. The van der Waals surface area contributed by atoms with Gasteiger partial charge in [-0.3, -0.25) is 4.79 Å². The van der Waals surface area contributed by atoms with E-state index in [-0.39, 0.29) is 54.5 Å². The first-order chi connectivity index (χ1) is 6.11. The van der Waals surface area contributed by atoms with Crippen LogP contribution >= 0.6 is 0 Å². The SMILES string of the molecule is CC(=O)Oc1ccccc1C(=O)O.O.[CaH2]. The number of para-hydroxylation sites is 1. The van der Waals surface area contributed by atoms with Crippen molar-refractivity contribution < 1.29 is 24.9 Å². The topological polar surface area (TPSA) is 95.1 Å². The van der Waals surface area contributed by atoms with Gasteiger partial charge in [0.05, 0.1) is 0 Å². The first-order valence-corrected chi connectivity index (χ1v) is 3.62. The molecule has 80 valence electrons. The Kier molecular flexibility index (Phi) is 8.56. The molecule has 0 atom stereocenters. The summed E-state index contributed by atoms with van der Waals surface area (Å²) in [5.41, 5.74) is -0.0160. The maximum atomic E-state index is 10.6. The van der Waals surface area contributed by atoms with Crippen LogP contribution in [0.25, 0.3) is 0 Å². The number of benzene rings is 1. The van der Waals surface area contributed by atoms with Crippen LogP contribution in [0.5, 0.6) is 5.75 Å². The average molecular weight is 240 g/mol. The van der Waals surface area contributed by atoms with Crippen LogP contribution in [0.2, 0.25) is 0 Å². The Morgan fingerprint density at radius 2 is 1.80 bits per heavy atom. The zero-order valence-electron chi connectivity index (χ0n) is 7.48. The summed E-state index contributed by atoms with van der Waals surface area (Å²) in [7, 11) is 0. The molecule has 1 aromatic carbocycles. The molecule has 0 bridgehead atoms. The van der Waals surface area contributed by atoms with Crippen molar-refractivity contribution in [2.75, 3.05) is 0 Å². The van der Waals surface area contributed by atoms with Gasteiger partial charge in [0.15, 0.2) is 0 Å². The quantitative estimate of drug-likeness (QED) is 0.431. The number of carboxylic acid groups (broad SMARTS) is 1. The zero-order valence-corrected chi connectivity index (χ0v) is 7.48. The molecule has 0 aliphatic carbocycles. The molecule has 1 rings (SSSR count). The molecule has 3 N–H and O–H groups in total. The van der Waals surface area contributed by atoms with E-state index in [4.69, 9.17) is 5.11 Å². The van der Waals surface area contributed by atoms with Crippen molar-refractivity contribution in [2.45, 2.75) is 6.92 Å². The van der Waals surface area contributed by atoms with Gasteiger partial charge in [-0.25, -0.2) is 4.79 Å². The molecule has 15 heavy (non-hydrogen) atoms. The fourth-order valence-corrected chi connectivity index (χ4v) is 0.887. The van der Waals surface area contributed by atoms with E-state index in [1.807, 2.05) is 0 Å². The second-order valence-corrected chi connectivity index (χ2v) is 2.39. The van der Waals surface area contributed by atoms with Crippen LogP contribution in [0.1, 0.15) is 17.3 Å². The number of rotatable bonds is 2. The van der Waals surface area contributed by atoms with Crippen LogP contribution in [0.3, 0.4) is 0 Å². The van der Waals surface area contributed by atoms with E-state index in [0.29, 0.717) is 0 Å². The number of hydrogen-bond donors (Lipinski definition) is 1. The molecular formula is C9H12CaO5. The second kappa shape index (κ2) is 7.64. The Morgan fingerprint density at radius 1 is 1.27 bits per heavy atom. The molecule has 5 nitrogen and oxygen atoms in total. The number of carbonyl (C=O) groups is 2. The molecule has 0 saturated carbocycles. The van der Waals surface area contributed by atoms with Crippen LogP contribution in [0.15, 0.2) is 24.3 Å². The fourth-order valence-electron chi connectivity index (χ4n) is 0.887. The minimum absolute atomic E-state index is 0. The minimum atomic E-state index is -1.11. The Morgan fingerprint density at radius 3 is 2.27 bits per heavy atom. The zero-order chi connectivity index (χ0) is 9.84. The van der Waals surface area contributed by atoms with Gasteiger partial charge in [0, 0.05) is 6.92 Å². The third-order valence-corrected chi connectivity index (χ3v) is 1.37. The summed E-state index contributed by atoms with van der Waals surface area (Å²) >= 11 is 0. The van der Waals surface area contributed by atoms with Crippen molar-refractivity contribution in [1.29, 1.82) is 0 Å². The standard InChI is InChI=1S/C9H8O4.Ca.H2O.2H/c1-6(10)13-8-5-3-2-4-7(8)9(11)12;;;;/h2-5H,1H3,(H,11,12);;1H2;;. The normalized spacial score (nSPS) is 8.07. The average Bonchev–Trinajstić information content (AvgIpc) is 2.03. The van der Waals surface area contributed by atoms with Crippen LogP contribution in [-0.2, 0) is 4.79 Å². The van der Waals surface area contributed by atoms with Gasteiger partial charge in [-0.15, -0.1) is 0 Å². The Labute approximate surface area is 116 Å². The van der Waals surface area contributed by atoms with Crippen LogP contribution < -0.4 is 4.74 Å². The van der Waals surface area contributed by atoms with Gasteiger partial charge in [-0.1, -0.05) is 12.1 Å². The van der Waals surface area contributed by atoms with Crippen LogP contribution in [-0.4, -0.2) is 60.3 Å². The van der Waals surface area contributed by atoms with E-state index in [2.05, 4.69) is 4.74 Å². The molecule has 6 heteroatoms. The van der Waals surface area contributed by atoms with Crippen molar-refractivity contribution in [2.24, 2.45) is 0 Å². The van der Waals surface area contributed by atoms with Gasteiger partial charge in [0.25, 0.3) is 0 Å². The van der Waals surface area contributed by atoms with E-state index in [1.54, 1.807) is 12.1 Å². The molecule has 0 heterocycles. The van der Waals surface area contributed by atoms with E-state index in [0.717, 1.165) is 0 Å². The molecule has 0 aromatic heterocycles. The Hall–Kier alpha value is -0.620. The molecule has 0 saturated heterocycles. The Balaban J connectivity index is 0. The van der Waals surface area contributed by atoms with Crippen molar-refractivity contribution in [3.63, 3.8) is 0 Å². The summed E-state index contributed by atoms with van der Waals surface area (Å²) in [5.74, 6) is -1.58. The van der Waals surface area contributed by atoms with Gasteiger partial charge in [-0.2, -0.15) is 0 Å². The molecule has 0 aliphatic heterocycles. The number of esters is 1. The summed E-state index contributed by atoms with van der Waals surface area (Å²) in [6.07, 6.45) is 0. The van der Waals surface area contributed by atoms with Crippen molar-refractivity contribution in [3.05, 3.63) is 29.8 Å². The van der Waals surface area contributed by atoms with Crippen molar-refractivity contribution >= 4 is 49.7 Å². The van der Waals surface area contributed by atoms with E-state index >= 15 is 0 Å². The molecule has 0 amide bonds. The first-order valence-electron chi connectivity index (χ1n) is 3.62. The van der Waals surface area contributed by atoms with Gasteiger partial charge < -0.3 is 15.3 Å². The Bertz CT molecular complexity index is 350. The summed E-state index contributed by atoms with van der Waals surface area (Å²) < 4.78 is 4.69. The van der Waals surface area contributed by atoms with Crippen LogP contribution in [0.4, 0.5) is 0 Å². The summed E-state index contributed by atoms with van der Waals surface area (Å²) in [6.45, 7) is 1.22. The molecule has 0 unspecified atom stereocenters. The van der Waals surface area contributed by atoms with Gasteiger partial charge in [0.1, 0.15) is 11.3 Å². The van der Waals surface area contributed by atoms with Gasteiger partial charge >= 0.3 is 49.7 Å². The number of carbonyl (C=O) groups excluding carboxylic acids is 1. The van der Waals surface area contributed by atoms with E-state index < -0.39 is 11.9 Å². The summed E-state index contributed by atoms with van der Waals surface area (Å²) in [4.78, 5) is 21.2. The third kappa shape index (κ3) is 5.13. The van der Waals surface area contributed by atoms with Crippen molar-refractivity contribution in [3.8, 4) is 5.75 Å². The monoisotopic (exact) mass is 240 g/mol. The van der Waals surface area contributed by atoms with E-state index in [9.17, 15) is 9.59 Å². The van der Waals surface area contributed by atoms with E-state index in [1.165, 1.54) is 19.1 Å². The van der Waals surface area contributed by atoms with Crippen LogP contribution in [0, 0.1) is 0 Å². The second-order valence-electron chi connectivity index (χ2n) is 2.39. The number of carboxylic acids is 1. The maximum absolute atomic E-state index is 10.6. The molecule has 0 aliphatic rings. The first kappa shape index (κ1) is 16.8. The molecule has 0 fully saturated rings. The van der Waals surface area contributed by atoms with Gasteiger partial charge in [-0.05, 0) is 12.1 Å². The predicted molar refractivity (Wildman–Crippen MR) is 56.9 cm³/mol. The summed E-state index contributed by atoms with van der Waals surface area (Å²) in [5, 5.41) is 8.69. The van der Waals surface area contributed by atoms with Crippen molar-refractivity contribution in [1.82, 2.24) is 0 Å². The molecule has 0 radical (unpaired) electrons. The summed E-state index contributed by atoms with van der Waals surface area (Å²) in [6, 6.07) is 5.98. The number of ether oxygens (including phenoxy) is 1. The fraction of sp³-hybridized carbons (Fsp3) is 0.111. The molecular weight excluding hydrogens is 228 g/mol.